The smallest absolute Gasteiger partial charge is 0.165 e. The summed E-state index contributed by atoms with van der Waals surface area (Å²) in [6.45, 7) is 9.82. The van der Waals surface area contributed by atoms with Gasteiger partial charge in [-0.3, -0.25) is 0 Å². The second-order valence-corrected chi connectivity index (χ2v) is 6.43. The lowest BCUT2D eigenvalue weighted by Crippen LogP contribution is -2.42. The van der Waals surface area contributed by atoms with Crippen LogP contribution in [0.5, 0.6) is 5.75 Å². The number of halogens is 1. The van der Waals surface area contributed by atoms with Gasteiger partial charge in [-0.05, 0) is 64.3 Å². The number of carbonyl (C=O) groups excluding carboxylic acids is 1. The van der Waals surface area contributed by atoms with E-state index in [-0.39, 0.29) is 29.8 Å². The van der Waals surface area contributed by atoms with Gasteiger partial charge in [0.15, 0.2) is 11.6 Å². The monoisotopic (exact) mass is 320 g/mol. The number of nitrogens with zero attached hydrogens (tertiary/aromatic N) is 1. The average Bonchev–Trinajstić information content (AvgIpc) is 2.78. The van der Waals surface area contributed by atoms with E-state index in [0.29, 0.717) is 6.42 Å². The number of nitrogens with one attached hydrogen (secondary N) is 1. The van der Waals surface area contributed by atoms with Crippen molar-refractivity contribution < 1.29 is 13.9 Å². The Morgan fingerprint density at radius 2 is 2.04 bits per heavy atom. The molecule has 1 aliphatic heterocycles. The van der Waals surface area contributed by atoms with Gasteiger partial charge in [0.1, 0.15) is 12.3 Å². The van der Waals surface area contributed by atoms with Crippen molar-refractivity contribution in [1.29, 1.82) is 0 Å². The van der Waals surface area contributed by atoms with E-state index in [1.54, 1.807) is 6.07 Å². The van der Waals surface area contributed by atoms with Crippen molar-refractivity contribution in [3.8, 4) is 5.75 Å². The minimum atomic E-state index is -0.372. The van der Waals surface area contributed by atoms with Gasteiger partial charge in [0.25, 0.3) is 0 Å². The lowest BCUT2D eigenvalue weighted by atomic mass is 9.99. The van der Waals surface area contributed by atoms with E-state index in [1.165, 1.54) is 6.07 Å². The first-order valence-electron chi connectivity index (χ1n) is 7.99. The van der Waals surface area contributed by atoms with E-state index in [4.69, 9.17) is 4.74 Å². The maximum absolute atomic E-state index is 14.1. The number of rotatable bonds is 6. The Labute approximate surface area is 137 Å². The molecule has 0 saturated carbocycles. The third-order valence-electron chi connectivity index (χ3n) is 3.89. The van der Waals surface area contributed by atoms with Crippen LogP contribution >= 0.6 is 0 Å². The van der Waals surface area contributed by atoms with Crippen LogP contribution in [-0.2, 0) is 11.2 Å². The standard InChI is InChI=1S/C18H25FN2O2/c1-11(2)21-13(5)15(17(10-22)20-21)8-14-6-7-18(16(19)9-14)23-12(3)4/h6-7,9-12,17,20H,8H2,1-5H3. The molecule has 1 aliphatic rings. The van der Waals surface area contributed by atoms with Crippen LogP contribution in [0.3, 0.4) is 0 Å². The van der Waals surface area contributed by atoms with E-state index < -0.39 is 0 Å². The summed E-state index contributed by atoms with van der Waals surface area (Å²) in [7, 11) is 0. The van der Waals surface area contributed by atoms with Crippen molar-refractivity contribution in [3.63, 3.8) is 0 Å². The van der Waals surface area contributed by atoms with Crippen LogP contribution in [0.15, 0.2) is 29.5 Å². The summed E-state index contributed by atoms with van der Waals surface area (Å²) >= 11 is 0. The van der Waals surface area contributed by atoms with Crippen LogP contribution in [0.1, 0.15) is 40.2 Å². The lowest BCUT2D eigenvalue weighted by Gasteiger charge is -2.25. The molecule has 1 unspecified atom stereocenters. The molecular formula is C18H25FN2O2. The molecule has 0 bridgehead atoms. The average molecular weight is 320 g/mol. The van der Waals surface area contributed by atoms with Gasteiger partial charge in [0.2, 0.25) is 0 Å². The number of hydrogen-bond acceptors (Lipinski definition) is 4. The maximum atomic E-state index is 14.1. The van der Waals surface area contributed by atoms with Crippen molar-refractivity contribution in [2.45, 2.75) is 59.2 Å². The molecule has 0 spiro atoms. The van der Waals surface area contributed by atoms with Crippen molar-refractivity contribution in [2.24, 2.45) is 0 Å². The van der Waals surface area contributed by atoms with E-state index in [9.17, 15) is 9.18 Å². The van der Waals surface area contributed by atoms with E-state index in [0.717, 1.165) is 23.1 Å². The minimum absolute atomic E-state index is 0.0709. The normalized spacial score (nSPS) is 18.3. The molecule has 0 fully saturated rings. The largest absolute Gasteiger partial charge is 0.488 e. The summed E-state index contributed by atoms with van der Waals surface area (Å²) in [4.78, 5) is 11.3. The SMILES string of the molecule is CC1=C(Cc2ccc(OC(C)C)c(F)c2)C(C=O)NN1C(C)C. The van der Waals surface area contributed by atoms with E-state index in [2.05, 4.69) is 19.3 Å². The zero-order chi connectivity index (χ0) is 17.1. The summed E-state index contributed by atoms with van der Waals surface area (Å²) in [6.07, 6.45) is 1.36. The summed E-state index contributed by atoms with van der Waals surface area (Å²) in [5.74, 6) is -0.112. The van der Waals surface area contributed by atoms with Gasteiger partial charge in [0.05, 0.1) is 6.10 Å². The predicted octanol–water partition coefficient (Wildman–Crippen LogP) is 3.23. The zero-order valence-electron chi connectivity index (χ0n) is 14.4. The summed E-state index contributed by atoms with van der Waals surface area (Å²) < 4.78 is 19.5. The van der Waals surface area contributed by atoms with Crippen LogP contribution in [0.4, 0.5) is 4.39 Å². The Hall–Kier alpha value is -1.88. The summed E-state index contributed by atoms with van der Waals surface area (Å²) in [5, 5.41) is 1.99. The molecular weight excluding hydrogens is 295 g/mol. The number of allylic oxidation sites excluding steroid dienone is 1. The molecule has 0 aliphatic carbocycles. The quantitative estimate of drug-likeness (QED) is 0.817. The predicted molar refractivity (Wildman–Crippen MR) is 88.5 cm³/mol. The highest BCUT2D eigenvalue weighted by molar-refractivity contribution is 5.65. The topological polar surface area (TPSA) is 41.6 Å². The first-order valence-corrected chi connectivity index (χ1v) is 7.99. The van der Waals surface area contributed by atoms with Gasteiger partial charge in [0, 0.05) is 11.7 Å². The molecule has 1 aromatic rings. The third-order valence-corrected chi connectivity index (χ3v) is 3.89. The molecule has 1 N–H and O–H groups in total. The summed E-state index contributed by atoms with van der Waals surface area (Å²) in [6, 6.07) is 4.87. The number of carbonyl (C=O) groups is 1. The Balaban J connectivity index is 2.23. The lowest BCUT2D eigenvalue weighted by molar-refractivity contribution is -0.109. The Morgan fingerprint density at radius 1 is 1.35 bits per heavy atom. The van der Waals surface area contributed by atoms with Gasteiger partial charge in [-0.15, -0.1) is 0 Å². The molecule has 5 heteroatoms. The van der Waals surface area contributed by atoms with Crippen molar-refractivity contribution in [2.75, 3.05) is 0 Å². The molecule has 23 heavy (non-hydrogen) atoms. The van der Waals surface area contributed by atoms with Gasteiger partial charge in [-0.25, -0.2) is 9.82 Å². The molecule has 2 rings (SSSR count). The van der Waals surface area contributed by atoms with Crippen LogP contribution in [0, 0.1) is 5.82 Å². The van der Waals surface area contributed by atoms with E-state index >= 15 is 0 Å². The molecule has 0 radical (unpaired) electrons. The fourth-order valence-electron chi connectivity index (χ4n) is 2.81. The first kappa shape index (κ1) is 17.5. The zero-order valence-corrected chi connectivity index (χ0v) is 14.4. The number of hydrazine groups is 1. The number of hydrogen-bond donors (Lipinski definition) is 1. The second kappa shape index (κ2) is 7.13. The molecule has 1 atom stereocenters. The Morgan fingerprint density at radius 3 is 2.57 bits per heavy atom. The van der Waals surface area contributed by atoms with Gasteiger partial charge in [-0.1, -0.05) is 6.07 Å². The third kappa shape index (κ3) is 3.91. The van der Waals surface area contributed by atoms with Crippen molar-refractivity contribution in [3.05, 3.63) is 40.8 Å². The molecule has 0 amide bonds. The number of aldehydes is 1. The first-order chi connectivity index (χ1) is 10.8. The minimum Gasteiger partial charge on any atom is -0.488 e. The molecule has 0 aromatic heterocycles. The highest BCUT2D eigenvalue weighted by Gasteiger charge is 2.29. The van der Waals surface area contributed by atoms with Crippen LogP contribution < -0.4 is 10.2 Å². The highest BCUT2D eigenvalue weighted by Crippen LogP contribution is 2.27. The fourth-order valence-corrected chi connectivity index (χ4v) is 2.81. The second-order valence-electron chi connectivity index (χ2n) is 6.43. The number of benzene rings is 1. The summed E-state index contributed by atoms with van der Waals surface area (Å²) in [5.41, 5.74) is 6.02. The van der Waals surface area contributed by atoms with Gasteiger partial charge in [-0.2, -0.15) is 0 Å². The molecule has 1 heterocycles. The van der Waals surface area contributed by atoms with Gasteiger partial charge >= 0.3 is 0 Å². The van der Waals surface area contributed by atoms with Crippen LogP contribution in [-0.4, -0.2) is 29.5 Å². The molecule has 0 saturated heterocycles. The number of ether oxygens (including phenoxy) is 1. The fraction of sp³-hybridized carbons (Fsp3) is 0.500. The van der Waals surface area contributed by atoms with E-state index in [1.807, 2.05) is 31.8 Å². The van der Waals surface area contributed by atoms with Crippen molar-refractivity contribution >= 4 is 6.29 Å². The molecule has 126 valence electrons. The molecule has 1 aromatic carbocycles. The maximum Gasteiger partial charge on any atom is 0.165 e. The van der Waals surface area contributed by atoms with Crippen LogP contribution in [0.2, 0.25) is 0 Å². The van der Waals surface area contributed by atoms with Crippen LogP contribution in [0.25, 0.3) is 0 Å². The molecule has 4 nitrogen and oxygen atoms in total. The Bertz CT molecular complexity index is 611. The Kier molecular flexibility index (Phi) is 5.42. The van der Waals surface area contributed by atoms with Crippen molar-refractivity contribution in [1.82, 2.24) is 10.4 Å². The van der Waals surface area contributed by atoms with Gasteiger partial charge < -0.3 is 14.5 Å². The highest BCUT2D eigenvalue weighted by atomic mass is 19.1.